The van der Waals surface area contributed by atoms with Gasteiger partial charge in [0.2, 0.25) is 0 Å². The third kappa shape index (κ3) is 2.17. The summed E-state index contributed by atoms with van der Waals surface area (Å²) in [5.41, 5.74) is 0. The van der Waals surface area contributed by atoms with Crippen LogP contribution in [0.5, 0.6) is 0 Å². The average molecular weight is 178 g/mol. The molecule has 72 valence electrons. The summed E-state index contributed by atoms with van der Waals surface area (Å²) in [6.07, 6.45) is 0. The van der Waals surface area contributed by atoms with Crippen molar-refractivity contribution in [3.63, 3.8) is 0 Å². The lowest BCUT2D eigenvalue weighted by atomic mass is 10.5. The van der Waals surface area contributed by atoms with E-state index in [1.807, 2.05) is 0 Å². The lowest BCUT2D eigenvalue weighted by Gasteiger charge is -2.26. The molecule has 0 saturated heterocycles. The number of hydrogen-bond donors (Lipinski definition) is 0. The van der Waals surface area contributed by atoms with Crippen LogP contribution >= 0.6 is 0 Å². The number of esters is 1. The summed E-state index contributed by atoms with van der Waals surface area (Å²) in [6, 6.07) is 0. The zero-order chi connectivity index (χ0) is 9.61. The fourth-order valence-electron chi connectivity index (χ4n) is 0.742. The molecule has 0 bridgehead atoms. The van der Waals surface area contributed by atoms with Crippen LogP contribution in [-0.4, -0.2) is 39.9 Å². The van der Waals surface area contributed by atoms with Crippen molar-refractivity contribution in [2.45, 2.75) is 12.9 Å². The maximum absolute atomic E-state index is 11.1. The molecule has 0 rings (SSSR count). The van der Waals surface area contributed by atoms with Crippen LogP contribution in [0.4, 0.5) is 0 Å². The molecule has 0 fully saturated rings. The SMILES string of the molecule is CCOC(OC)(OC)C(=O)OC. The highest BCUT2D eigenvalue weighted by atomic mass is 16.9. The van der Waals surface area contributed by atoms with E-state index in [0.29, 0.717) is 0 Å². The van der Waals surface area contributed by atoms with Crippen LogP contribution in [0.2, 0.25) is 0 Å². The maximum atomic E-state index is 11.1. The number of carbonyl (C=O) groups excluding carboxylic acids is 1. The summed E-state index contributed by atoms with van der Waals surface area (Å²) in [5, 5.41) is 0. The zero-order valence-corrected chi connectivity index (χ0v) is 7.75. The third-order valence-electron chi connectivity index (χ3n) is 1.31. The van der Waals surface area contributed by atoms with Crippen molar-refractivity contribution in [3.05, 3.63) is 0 Å². The van der Waals surface area contributed by atoms with Crippen LogP contribution in [0, 0.1) is 0 Å². The Morgan fingerprint density at radius 1 is 1.25 bits per heavy atom. The van der Waals surface area contributed by atoms with E-state index in [1.165, 1.54) is 21.3 Å². The van der Waals surface area contributed by atoms with Gasteiger partial charge in [0.15, 0.2) is 0 Å². The Morgan fingerprint density at radius 2 is 1.75 bits per heavy atom. The normalized spacial score (nSPS) is 11.3. The maximum Gasteiger partial charge on any atom is 0.397 e. The molecular formula is C7H14O5. The molecule has 0 saturated carbocycles. The van der Waals surface area contributed by atoms with Crippen LogP contribution < -0.4 is 0 Å². The molecule has 0 amide bonds. The molecule has 0 heterocycles. The van der Waals surface area contributed by atoms with Crippen LogP contribution in [0.3, 0.4) is 0 Å². The average Bonchev–Trinajstić information content (AvgIpc) is 2.13. The van der Waals surface area contributed by atoms with Crippen LogP contribution in [-0.2, 0) is 23.7 Å². The van der Waals surface area contributed by atoms with Gasteiger partial charge in [-0.2, -0.15) is 0 Å². The number of methoxy groups -OCH3 is 3. The molecule has 0 aliphatic heterocycles. The van der Waals surface area contributed by atoms with Gasteiger partial charge in [0.1, 0.15) is 0 Å². The van der Waals surface area contributed by atoms with E-state index in [9.17, 15) is 4.79 Å². The van der Waals surface area contributed by atoms with Crippen molar-refractivity contribution in [2.75, 3.05) is 27.9 Å². The second kappa shape index (κ2) is 5.08. The van der Waals surface area contributed by atoms with Crippen molar-refractivity contribution in [2.24, 2.45) is 0 Å². The summed E-state index contributed by atoms with van der Waals surface area (Å²) < 4.78 is 18.9. The highest BCUT2D eigenvalue weighted by Crippen LogP contribution is 2.14. The van der Waals surface area contributed by atoms with E-state index in [0.717, 1.165) is 0 Å². The van der Waals surface area contributed by atoms with Gasteiger partial charge in [-0.1, -0.05) is 0 Å². The second-order valence-electron chi connectivity index (χ2n) is 1.89. The summed E-state index contributed by atoms with van der Waals surface area (Å²) >= 11 is 0. The van der Waals surface area contributed by atoms with E-state index in [4.69, 9.17) is 14.2 Å². The number of hydrogen-bond acceptors (Lipinski definition) is 5. The van der Waals surface area contributed by atoms with Gasteiger partial charge in [0.25, 0.3) is 0 Å². The molecule has 0 aromatic carbocycles. The van der Waals surface area contributed by atoms with Gasteiger partial charge >= 0.3 is 11.9 Å². The zero-order valence-electron chi connectivity index (χ0n) is 7.75. The quantitative estimate of drug-likeness (QED) is 0.443. The van der Waals surface area contributed by atoms with Crippen molar-refractivity contribution in [1.82, 2.24) is 0 Å². The first kappa shape index (κ1) is 11.4. The predicted octanol–water partition coefficient (Wildman–Crippen LogP) is 0.142. The summed E-state index contributed by atoms with van der Waals surface area (Å²) in [6.45, 7) is 2.01. The first-order valence-corrected chi connectivity index (χ1v) is 3.49. The van der Waals surface area contributed by atoms with Gasteiger partial charge in [-0.25, -0.2) is 4.79 Å². The van der Waals surface area contributed by atoms with Gasteiger partial charge in [-0.15, -0.1) is 0 Å². The largest absolute Gasteiger partial charge is 0.463 e. The van der Waals surface area contributed by atoms with Crippen molar-refractivity contribution in [3.8, 4) is 0 Å². The molecule has 5 heteroatoms. The number of carbonyl (C=O) groups is 1. The lowest BCUT2D eigenvalue weighted by Crippen LogP contribution is -2.46. The molecule has 0 N–H and O–H groups in total. The molecule has 0 aromatic rings. The van der Waals surface area contributed by atoms with E-state index >= 15 is 0 Å². The van der Waals surface area contributed by atoms with Gasteiger partial charge < -0.3 is 18.9 Å². The van der Waals surface area contributed by atoms with E-state index in [-0.39, 0.29) is 6.61 Å². The minimum Gasteiger partial charge on any atom is -0.463 e. The standard InChI is InChI=1S/C7H14O5/c1-5-12-7(10-3,11-4)6(8)9-2/h5H2,1-4H3. The Bertz CT molecular complexity index is 141. The fraction of sp³-hybridized carbons (Fsp3) is 0.857. The number of rotatable bonds is 5. The summed E-state index contributed by atoms with van der Waals surface area (Å²) in [7, 11) is 3.83. The van der Waals surface area contributed by atoms with Gasteiger partial charge in [0.05, 0.1) is 13.7 Å². The Balaban J connectivity index is 4.44. The highest BCUT2D eigenvalue weighted by Gasteiger charge is 2.41. The summed E-state index contributed by atoms with van der Waals surface area (Å²) in [5.74, 6) is -2.43. The highest BCUT2D eigenvalue weighted by molar-refractivity contribution is 5.76. The molecule has 0 radical (unpaired) electrons. The molecule has 12 heavy (non-hydrogen) atoms. The minimum absolute atomic E-state index is 0.288. The lowest BCUT2D eigenvalue weighted by molar-refractivity contribution is -0.344. The first-order chi connectivity index (χ1) is 5.66. The molecule has 0 aliphatic rings. The van der Waals surface area contributed by atoms with Gasteiger partial charge in [-0.05, 0) is 6.92 Å². The minimum atomic E-state index is -1.72. The fourth-order valence-corrected chi connectivity index (χ4v) is 0.742. The molecule has 0 atom stereocenters. The summed E-state index contributed by atoms with van der Waals surface area (Å²) in [4.78, 5) is 11.1. The molecular weight excluding hydrogens is 164 g/mol. The van der Waals surface area contributed by atoms with Gasteiger partial charge in [-0.3, -0.25) is 0 Å². The van der Waals surface area contributed by atoms with Crippen LogP contribution in [0.15, 0.2) is 0 Å². The molecule has 0 aromatic heterocycles. The van der Waals surface area contributed by atoms with E-state index in [2.05, 4.69) is 4.74 Å². The molecule has 0 spiro atoms. The predicted molar refractivity (Wildman–Crippen MR) is 40.4 cm³/mol. The van der Waals surface area contributed by atoms with E-state index in [1.54, 1.807) is 6.92 Å². The Labute approximate surface area is 71.5 Å². The van der Waals surface area contributed by atoms with Gasteiger partial charge in [0, 0.05) is 14.2 Å². The van der Waals surface area contributed by atoms with Crippen LogP contribution in [0.25, 0.3) is 0 Å². The second-order valence-corrected chi connectivity index (χ2v) is 1.89. The Morgan fingerprint density at radius 3 is 2.00 bits per heavy atom. The monoisotopic (exact) mass is 178 g/mol. The Kier molecular flexibility index (Phi) is 4.80. The van der Waals surface area contributed by atoms with Crippen molar-refractivity contribution >= 4 is 5.97 Å². The van der Waals surface area contributed by atoms with Crippen molar-refractivity contribution < 1.29 is 23.7 Å². The smallest absolute Gasteiger partial charge is 0.397 e. The van der Waals surface area contributed by atoms with Crippen molar-refractivity contribution in [1.29, 1.82) is 0 Å². The molecule has 0 unspecified atom stereocenters. The van der Waals surface area contributed by atoms with Crippen LogP contribution in [0.1, 0.15) is 6.92 Å². The molecule has 5 nitrogen and oxygen atoms in total. The third-order valence-corrected chi connectivity index (χ3v) is 1.31. The Hall–Kier alpha value is -0.650. The first-order valence-electron chi connectivity index (χ1n) is 3.49. The van der Waals surface area contributed by atoms with E-state index < -0.39 is 11.9 Å². The topological polar surface area (TPSA) is 54.0 Å². The molecule has 0 aliphatic carbocycles. The number of ether oxygens (including phenoxy) is 4.